The normalized spacial score (nSPS) is 10.8. The van der Waals surface area contributed by atoms with Crippen LogP contribution in [0.3, 0.4) is 0 Å². The van der Waals surface area contributed by atoms with Crippen molar-refractivity contribution in [2.45, 2.75) is 6.54 Å². The minimum Gasteiger partial charge on any atom is -0.346 e. The Morgan fingerprint density at radius 3 is 2.75 bits per heavy atom. The van der Waals surface area contributed by atoms with Crippen molar-refractivity contribution < 1.29 is 9.18 Å². The number of amides is 2. The zero-order valence-corrected chi connectivity index (χ0v) is 18.2. The Morgan fingerprint density at radius 2 is 1.91 bits per heavy atom. The fourth-order valence-electron chi connectivity index (χ4n) is 3.68. The molecule has 2 amide bonds. The second-order valence-corrected chi connectivity index (χ2v) is 7.53. The van der Waals surface area contributed by atoms with Crippen molar-refractivity contribution >= 4 is 63.4 Å². The summed E-state index contributed by atoms with van der Waals surface area (Å²) in [5.74, 6) is -0.597. The Bertz CT molecular complexity index is 1430. The van der Waals surface area contributed by atoms with Gasteiger partial charge in [-0.1, -0.05) is 17.7 Å². The SMILES string of the molecule is Cl.O=C(Nc1ccc(Cl)cc1F)Nc1cccc2c1ccn2Cc1ccnc2[nH]ccc12. The van der Waals surface area contributed by atoms with Crippen molar-refractivity contribution in [3.05, 3.63) is 89.6 Å². The van der Waals surface area contributed by atoms with Crippen LogP contribution in [0.25, 0.3) is 21.9 Å². The third-order valence-corrected chi connectivity index (χ3v) is 5.37. The number of urea groups is 1. The van der Waals surface area contributed by atoms with Gasteiger partial charge in [-0.15, -0.1) is 12.4 Å². The molecule has 0 saturated carbocycles. The second kappa shape index (κ2) is 8.90. The Kier molecular flexibility index (Phi) is 6.03. The summed E-state index contributed by atoms with van der Waals surface area (Å²) in [6.45, 7) is 0.659. The molecule has 0 aliphatic heterocycles. The van der Waals surface area contributed by atoms with E-state index < -0.39 is 11.8 Å². The van der Waals surface area contributed by atoms with E-state index in [0.29, 0.717) is 12.2 Å². The lowest BCUT2D eigenvalue weighted by molar-refractivity contribution is 0.262. The summed E-state index contributed by atoms with van der Waals surface area (Å²) in [6, 6.07) is 15.2. The maximum atomic E-state index is 14.0. The average Bonchev–Trinajstić information content (AvgIpc) is 3.39. The van der Waals surface area contributed by atoms with Gasteiger partial charge < -0.3 is 20.2 Å². The quantitative estimate of drug-likeness (QED) is 0.283. The lowest BCUT2D eigenvalue weighted by Crippen LogP contribution is -2.20. The van der Waals surface area contributed by atoms with Gasteiger partial charge in [-0.25, -0.2) is 14.2 Å². The number of hydrogen-bond donors (Lipinski definition) is 3. The zero-order valence-electron chi connectivity index (χ0n) is 16.6. The first-order chi connectivity index (χ1) is 15.1. The van der Waals surface area contributed by atoms with Crippen molar-refractivity contribution in [1.29, 1.82) is 0 Å². The largest absolute Gasteiger partial charge is 0.346 e. The first kappa shape index (κ1) is 21.7. The van der Waals surface area contributed by atoms with Crippen molar-refractivity contribution in [2.24, 2.45) is 0 Å². The Morgan fingerprint density at radius 1 is 1.06 bits per heavy atom. The Labute approximate surface area is 193 Å². The van der Waals surface area contributed by atoms with Crippen LogP contribution in [-0.2, 0) is 6.54 Å². The molecule has 0 radical (unpaired) electrons. The lowest BCUT2D eigenvalue weighted by atomic mass is 10.2. The van der Waals surface area contributed by atoms with E-state index in [9.17, 15) is 9.18 Å². The van der Waals surface area contributed by atoms with E-state index in [1.165, 1.54) is 12.1 Å². The van der Waals surface area contributed by atoms with Crippen molar-refractivity contribution in [2.75, 3.05) is 10.6 Å². The van der Waals surface area contributed by atoms with Crippen LogP contribution in [0.4, 0.5) is 20.6 Å². The highest BCUT2D eigenvalue weighted by Gasteiger charge is 2.12. The monoisotopic (exact) mass is 469 g/mol. The van der Waals surface area contributed by atoms with E-state index in [4.69, 9.17) is 11.6 Å². The molecule has 6 nitrogen and oxygen atoms in total. The number of anilines is 2. The number of benzene rings is 2. The fraction of sp³-hybridized carbons (Fsp3) is 0.0435. The molecule has 0 unspecified atom stereocenters. The molecule has 162 valence electrons. The Balaban J connectivity index is 0.00000245. The summed E-state index contributed by atoms with van der Waals surface area (Å²) in [7, 11) is 0. The number of carbonyl (C=O) groups is 1. The first-order valence-corrected chi connectivity index (χ1v) is 9.98. The molecule has 0 aliphatic rings. The van der Waals surface area contributed by atoms with E-state index in [1.807, 2.05) is 42.7 Å². The fourth-order valence-corrected chi connectivity index (χ4v) is 3.84. The predicted octanol–water partition coefficient (Wildman–Crippen LogP) is 6.42. The predicted molar refractivity (Wildman–Crippen MR) is 128 cm³/mol. The van der Waals surface area contributed by atoms with Crippen LogP contribution in [0, 0.1) is 5.82 Å². The molecule has 0 spiro atoms. The highest BCUT2D eigenvalue weighted by Crippen LogP contribution is 2.27. The number of rotatable bonds is 4. The summed E-state index contributed by atoms with van der Waals surface area (Å²) in [6.07, 6.45) is 5.64. The van der Waals surface area contributed by atoms with Crippen LogP contribution in [0.5, 0.6) is 0 Å². The summed E-state index contributed by atoms with van der Waals surface area (Å²) in [5.41, 5.74) is 3.64. The summed E-state index contributed by atoms with van der Waals surface area (Å²) < 4.78 is 16.1. The number of carbonyl (C=O) groups excluding carboxylic acids is 1. The number of nitrogens with one attached hydrogen (secondary N) is 3. The summed E-state index contributed by atoms with van der Waals surface area (Å²) in [5, 5.41) is 7.53. The van der Waals surface area contributed by atoms with Gasteiger partial charge in [0.1, 0.15) is 11.5 Å². The smallest absolute Gasteiger partial charge is 0.323 e. The van der Waals surface area contributed by atoms with Crippen LogP contribution in [0.1, 0.15) is 5.56 Å². The average molecular weight is 470 g/mol. The van der Waals surface area contributed by atoms with Crippen LogP contribution < -0.4 is 10.6 Å². The van der Waals surface area contributed by atoms with Gasteiger partial charge in [-0.3, -0.25) is 0 Å². The highest BCUT2D eigenvalue weighted by atomic mass is 35.5. The second-order valence-electron chi connectivity index (χ2n) is 7.10. The molecule has 9 heteroatoms. The van der Waals surface area contributed by atoms with E-state index in [0.717, 1.165) is 33.6 Å². The van der Waals surface area contributed by atoms with Crippen LogP contribution in [-0.4, -0.2) is 20.6 Å². The van der Waals surface area contributed by atoms with Gasteiger partial charge in [-0.05, 0) is 54.1 Å². The Hall–Kier alpha value is -3.55. The molecule has 2 aromatic carbocycles. The molecule has 0 saturated heterocycles. The van der Waals surface area contributed by atoms with Gasteiger partial charge in [-0.2, -0.15) is 0 Å². The molecule has 0 bridgehead atoms. The molecule has 0 aliphatic carbocycles. The zero-order chi connectivity index (χ0) is 21.4. The molecule has 0 atom stereocenters. The van der Waals surface area contributed by atoms with E-state index >= 15 is 0 Å². The van der Waals surface area contributed by atoms with E-state index in [2.05, 4.69) is 25.2 Å². The van der Waals surface area contributed by atoms with Crippen molar-refractivity contribution in [3.8, 4) is 0 Å². The molecule has 32 heavy (non-hydrogen) atoms. The number of aromatic amines is 1. The van der Waals surface area contributed by atoms with Gasteiger partial charge in [0.25, 0.3) is 0 Å². The van der Waals surface area contributed by atoms with Gasteiger partial charge in [0.2, 0.25) is 0 Å². The number of aromatic nitrogens is 3. The van der Waals surface area contributed by atoms with Gasteiger partial charge >= 0.3 is 6.03 Å². The number of nitrogens with zero attached hydrogens (tertiary/aromatic N) is 2. The summed E-state index contributed by atoms with van der Waals surface area (Å²) in [4.78, 5) is 19.9. The maximum absolute atomic E-state index is 14.0. The van der Waals surface area contributed by atoms with Crippen molar-refractivity contribution in [3.63, 3.8) is 0 Å². The number of hydrogen-bond acceptors (Lipinski definition) is 2. The summed E-state index contributed by atoms with van der Waals surface area (Å²) >= 11 is 5.76. The number of pyridine rings is 1. The maximum Gasteiger partial charge on any atom is 0.323 e. The molecule has 5 aromatic rings. The minimum absolute atomic E-state index is 0. The van der Waals surface area contributed by atoms with E-state index in [1.54, 1.807) is 12.3 Å². The molecule has 3 heterocycles. The topological polar surface area (TPSA) is 74.7 Å². The van der Waals surface area contributed by atoms with Crippen LogP contribution in [0.2, 0.25) is 5.02 Å². The third-order valence-electron chi connectivity index (χ3n) is 5.13. The van der Waals surface area contributed by atoms with Crippen molar-refractivity contribution in [1.82, 2.24) is 14.5 Å². The van der Waals surface area contributed by atoms with Crippen LogP contribution in [0.15, 0.2) is 73.2 Å². The molecule has 5 rings (SSSR count). The minimum atomic E-state index is -0.597. The standard InChI is InChI=1S/C23H17ClFN5O.ClH/c24-15-4-5-20(18(25)12-15)29-23(31)28-19-2-1-3-21-17(19)8-11-30(21)13-14-6-9-26-22-16(14)7-10-27-22;/h1-12H,13H2,(H,26,27)(H2,28,29,31);1H. The third kappa shape index (κ3) is 4.12. The number of halogens is 3. The first-order valence-electron chi connectivity index (χ1n) is 9.60. The van der Waals surface area contributed by atoms with Gasteiger partial charge in [0.15, 0.2) is 0 Å². The van der Waals surface area contributed by atoms with E-state index in [-0.39, 0.29) is 23.1 Å². The highest BCUT2D eigenvalue weighted by molar-refractivity contribution is 6.30. The molecular weight excluding hydrogens is 452 g/mol. The van der Waals surface area contributed by atoms with Gasteiger partial charge in [0.05, 0.1) is 16.9 Å². The molecule has 3 N–H and O–H groups in total. The number of H-pyrrole nitrogens is 1. The molecule has 3 aromatic heterocycles. The van der Waals surface area contributed by atoms with Gasteiger partial charge in [0, 0.05) is 40.9 Å². The lowest BCUT2D eigenvalue weighted by Gasteiger charge is -2.11. The number of fused-ring (bicyclic) bond motifs is 2. The molecular formula is C23H18Cl2FN5O. The molecule has 0 fully saturated rings. The van der Waals surface area contributed by atoms with Crippen LogP contribution >= 0.6 is 24.0 Å².